The first kappa shape index (κ1) is 14.6. The van der Waals surface area contributed by atoms with Gasteiger partial charge in [-0.05, 0) is 31.0 Å². The Labute approximate surface area is 123 Å². The van der Waals surface area contributed by atoms with Gasteiger partial charge in [-0.3, -0.25) is 4.79 Å². The average Bonchev–Trinajstić information content (AvgIpc) is 2.91. The van der Waals surface area contributed by atoms with Gasteiger partial charge in [-0.2, -0.15) is 0 Å². The lowest BCUT2D eigenvalue weighted by molar-refractivity contribution is 0.0711. The van der Waals surface area contributed by atoms with E-state index in [2.05, 4.69) is 0 Å². The van der Waals surface area contributed by atoms with Crippen molar-refractivity contribution < 1.29 is 15.0 Å². The second-order valence-electron chi connectivity index (χ2n) is 5.04. The molecule has 2 rings (SSSR count). The Morgan fingerprint density at radius 3 is 2.60 bits per heavy atom. The fraction of sp³-hybridized carbons (Fsp3) is 0.429. The molecule has 0 heterocycles. The molecular weight excluding hydrogens is 276 g/mol. The Bertz CT molecular complexity index is 527. The lowest BCUT2D eigenvalue weighted by Crippen LogP contribution is -2.43. The molecule has 108 valence electrons. The van der Waals surface area contributed by atoms with E-state index in [-0.39, 0.29) is 40.5 Å². The molecule has 20 heavy (non-hydrogen) atoms. The summed E-state index contributed by atoms with van der Waals surface area (Å²) in [6.07, 6.45) is 3.96. The lowest BCUT2D eigenvalue weighted by Gasteiger charge is -2.28. The van der Waals surface area contributed by atoms with E-state index in [4.69, 9.17) is 18.0 Å². The van der Waals surface area contributed by atoms with Gasteiger partial charge in [0.05, 0.1) is 17.1 Å². The molecule has 0 bridgehead atoms. The number of rotatable bonds is 4. The molecule has 1 aromatic carbocycles. The minimum atomic E-state index is -0.349. The molecule has 0 saturated heterocycles. The van der Waals surface area contributed by atoms with Crippen LogP contribution in [0.5, 0.6) is 11.5 Å². The fourth-order valence-corrected chi connectivity index (χ4v) is 2.74. The molecule has 1 amide bonds. The van der Waals surface area contributed by atoms with Gasteiger partial charge in [-0.25, -0.2) is 0 Å². The molecule has 0 atom stereocenters. The third-order valence-electron chi connectivity index (χ3n) is 3.56. The molecule has 0 aliphatic heterocycles. The van der Waals surface area contributed by atoms with Crippen molar-refractivity contribution in [2.24, 2.45) is 5.73 Å². The summed E-state index contributed by atoms with van der Waals surface area (Å²) in [7, 11) is 0. The lowest BCUT2D eigenvalue weighted by atomic mass is 10.1. The minimum absolute atomic E-state index is 0.0622. The van der Waals surface area contributed by atoms with E-state index in [1.807, 2.05) is 0 Å². The van der Waals surface area contributed by atoms with Gasteiger partial charge in [0.2, 0.25) is 0 Å². The number of hydrogen-bond acceptors (Lipinski definition) is 4. The zero-order chi connectivity index (χ0) is 14.7. The van der Waals surface area contributed by atoms with Crippen molar-refractivity contribution in [3.8, 4) is 11.5 Å². The molecule has 1 aliphatic rings. The topological polar surface area (TPSA) is 86.8 Å². The number of aromatic hydroxyl groups is 2. The third kappa shape index (κ3) is 3.19. The fourth-order valence-electron chi connectivity index (χ4n) is 2.60. The van der Waals surface area contributed by atoms with Crippen LogP contribution < -0.4 is 5.73 Å². The predicted molar refractivity (Wildman–Crippen MR) is 79.8 cm³/mol. The average molecular weight is 294 g/mol. The van der Waals surface area contributed by atoms with Gasteiger partial charge in [0.25, 0.3) is 5.91 Å². The summed E-state index contributed by atoms with van der Waals surface area (Å²) in [6, 6.07) is 3.99. The Kier molecular flexibility index (Phi) is 4.44. The van der Waals surface area contributed by atoms with Gasteiger partial charge in [-0.1, -0.05) is 25.1 Å². The number of nitrogens with zero attached hydrogens (tertiary/aromatic N) is 1. The van der Waals surface area contributed by atoms with Crippen molar-refractivity contribution >= 4 is 23.1 Å². The number of amides is 1. The normalized spacial score (nSPS) is 15.2. The first-order valence-corrected chi connectivity index (χ1v) is 7.01. The van der Waals surface area contributed by atoms with Crippen LogP contribution in [0.4, 0.5) is 0 Å². The molecule has 1 fully saturated rings. The van der Waals surface area contributed by atoms with Crippen molar-refractivity contribution in [1.82, 2.24) is 4.90 Å². The molecule has 0 radical (unpaired) electrons. The third-order valence-corrected chi connectivity index (χ3v) is 3.69. The zero-order valence-electron chi connectivity index (χ0n) is 11.1. The molecule has 0 spiro atoms. The van der Waals surface area contributed by atoms with Crippen LogP contribution in [-0.2, 0) is 0 Å². The first-order chi connectivity index (χ1) is 9.49. The SMILES string of the molecule is NC(=S)CN(C(=O)c1cc(O)ccc1O)C1CCCC1. The second-order valence-corrected chi connectivity index (χ2v) is 5.56. The van der Waals surface area contributed by atoms with Gasteiger partial charge in [0.15, 0.2) is 0 Å². The molecule has 0 unspecified atom stereocenters. The smallest absolute Gasteiger partial charge is 0.258 e. The molecule has 1 aromatic rings. The van der Waals surface area contributed by atoms with Crippen LogP contribution in [0.25, 0.3) is 0 Å². The van der Waals surface area contributed by atoms with E-state index in [9.17, 15) is 15.0 Å². The van der Waals surface area contributed by atoms with Crippen molar-refractivity contribution in [2.75, 3.05) is 6.54 Å². The summed E-state index contributed by atoms with van der Waals surface area (Å²) >= 11 is 4.91. The van der Waals surface area contributed by atoms with Gasteiger partial charge >= 0.3 is 0 Å². The maximum absolute atomic E-state index is 12.6. The van der Waals surface area contributed by atoms with Crippen molar-refractivity contribution in [3.63, 3.8) is 0 Å². The van der Waals surface area contributed by atoms with E-state index in [1.54, 1.807) is 4.90 Å². The number of nitrogens with two attached hydrogens (primary N) is 1. The molecule has 6 heteroatoms. The van der Waals surface area contributed by atoms with Gasteiger partial charge in [0, 0.05) is 6.04 Å². The van der Waals surface area contributed by atoms with Gasteiger partial charge in [0.1, 0.15) is 11.5 Å². The highest BCUT2D eigenvalue weighted by Crippen LogP contribution is 2.28. The van der Waals surface area contributed by atoms with Crippen LogP contribution in [0.15, 0.2) is 18.2 Å². The van der Waals surface area contributed by atoms with E-state index in [0.717, 1.165) is 25.7 Å². The number of benzene rings is 1. The number of carbonyl (C=O) groups is 1. The second kappa shape index (κ2) is 6.09. The number of phenolic OH excluding ortho intramolecular Hbond substituents is 2. The Morgan fingerprint density at radius 2 is 2.00 bits per heavy atom. The molecule has 0 aromatic heterocycles. The summed E-state index contributed by atoms with van der Waals surface area (Å²) < 4.78 is 0. The highest BCUT2D eigenvalue weighted by molar-refractivity contribution is 7.80. The van der Waals surface area contributed by atoms with Gasteiger partial charge in [-0.15, -0.1) is 0 Å². The Balaban J connectivity index is 2.29. The van der Waals surface area contributed by atoms with Crippen LogP contribution in [0.2, 0.25) is 0 Å². The first-order valence-electron chi connectivity index (χ1n) is 6.60. The van der Waals surface area contributed by atoms with Crippen molar-refractivity contribution in [3.05, 3.63) is 23.8 Å². The van der Waals surface area contributed by atoms with Crippen LogP contribution in [0.3, 0.4) is 0 Å². The van der Waals surface area contributed by atoms with Crippen LogP contribution >= 0.6 is 12.2 Å². The maximum Gasteiger partial charge on any atom is 0.258 e. The van der Waals surface area contributed by atoms with E-state index < -0.39 is 0 Å². The van der Waals surface area contributed by atoms with Crippen LogP contribution in [0, 0.1) is 0 Å². The highest BCUT2D eigenvalue weighted by atomic mass is 32.1. The number of hydrogen-bond donors (Lipinski definition) is 3. The number of carbonyl (C=O) groups excluding carboxylic acids is 1. The molecule has 1 aliphatic carbocycles. The Hall–Kier alpha value is -1.82. The number of thiocarbonyl (C=S) groups is 1. The zero-order valence-corrected chi connectivity index (χ0v) is 11.9. The van der Waals surface area contributed by atoms with Crippen molar-refractivity contribution in [1.29, 1.82) is 0 Å². The highest BCUT2D eigenvalue weighted by Gasteiger charge is 2.29. The van der Waals surface area contributed by atoms with Crippen LogP contribution in [0.1, 0.15) is 36.0 Å². The molecule has 5 nitrogen and oxygen atoms in total. The molecular formula is C14H18N2O3S. The summed E-state index contributed by atoms with van der Waals surface area (Å²) in [6.45, 7) is 0.188. The van der Waals surface area contributed by atoms with E-state index in [1.165, 1.54) is 18.2 Å². The quantitative estimate of drug-likeness (QED) is 0.582. The van der Waals surface area contributed by atoms with Crippen molar-refractivity contribution in [2.45, 2.75) is 31.7 Å². The monoisotopic (exact) mass is 294 g/mol. The standard InChI is InChI=1S/C14H18N2O3S/c15-13(20)8-16(9-3-1-2-4-9)14(19)11-7-10(17)5-6-12(11)18/h5-7,9,17-18H,1-4,8H2,(H2,15,20). The minimum Gasteiger partial charge on any atom is -0.508 e. The molecule has 4 N–H and O–H groups in total. The van der Waals surface area contributed by atoms with Crippen LogP contribution in [-0.4, -0.2) is 38.6 Å². The Morgan fingerprint density at radius 1 is 1.35 bits per heavy atom. The van der Waals surface area contributed by atoms with E-state index in [0.29, 0.717) is 0 Å². The summed E-state index contributed by atoms with van der Waals surface area (Å²) in [4.78, 5) is 14.4. The number of phenols is 2. The largest absolute Gasteiger partial charge is 0.508 e. The molecule has 1 saturated carbocycles. The summed E-state index contributed by atoms with van der Waals surface area (Å²) in [5, 5.41) is 19.3. The summed E-state index contributed by atoms with van der Waals surface area (Å²) in [5.74, 6) is -0.565. The van der Waals surface area contributed by atoms with E-state index >= 15 is 0 Å². The maximum atomic E-state index is 12.6. The summed E-state index contributed by atoms with van der Waals surface area (Å²) in [5.41, 5.74) is 5.65. The van der Waals surface area contributed by atoms with Gasteiger partial charge < -0.3 is 20.8 Å². The predicted octanol–water partition coefficient (Wildman–Crippen LogP) is 1.77.